The van der Waals surface area contributed by atoms with E-state index in [1.807, 2.05) is 29.3 Å². The lowest BCUT2D eigenvalue weighted by molar-refractivity contribution is -0.131. The van der Waals surface area contributed by atoms with E-state index in [4.69, 9.17) is 6.42 Å². The third kappa shape index (κ3) is 7.19. The Morgan fingerprint density at radius 1 is 1.00 bits per heavy atom. The summed E-state index contributed by atoms with van der Waals surface area (Å²) in [5.41, 5.74) is 1.37. The van der Waals surface area contributed by atoms with E-state index >= 15 is 0 Å². The molecule has 1 N–H and O–H groups in total. The summed E-state index contributed by atoms with van der Waals surface area (Å²) in [7, 11) is 0. The zero-order valence-corrected chi connectivity index (χ0v) is 21.2. The average molecular weight is 487 g/mol. The van der Waals surface area contributed by atoms with E-state index in [0.29, 0.717) is 25.2 Å². The molecule has 1 aromatic carbocycles. The van der Waals surface area contributed by atoms with Crippen molar-refractivity contribution in [2.24, 2.45) is 5.92 Å². The van der Waals surface area contributed by atoms with Crippen molar-refractivity contribution in [2.45, 2.75) is 38.5 Å². The lowest BCUT2D eigenvalue weighted by atomic mass is 9.90. The first-order chi connectivity index (χ1) is 17.6. The predicted molar refractivity (Wildman–Crippen MR) is 145 cm³/mol. The fraction of sp³-hybridized carbons (Fsp3) is 0.467. The van der Waals surface area contributed by atoms with Gasteiger partial charge in [-0.25, -0.2) is 0 Å². The number of hydrogen-bond donors (Lipinski definition) is 1. The normalized spacial score (nSPS) is 18.4. The molecule has 6 nitrogen and oxygen atoms in total. The molecule has 2 aromatic rings. The molecule has 2 aliphatic heterocycles. The number of piperidine rings is 1. The van der Waals surface area contributed by atoms with Crippen LogP contribution in [-0.4, -0.2) is 72.0 Å². The monoisotopic (exact) mass is 486 g/mol. The van der Waals surface area contributed by atoms with Crippen LogP contribution in [0, 0.1) is 18.3 Å². The summed E-state index contributed by atoms with van der Waals surface area (Å²) in [6.07, 6.45) is 15.6. The van der Waals surface area contributed by atoms with Crippen LogP contribution in [0.3, 0.4) is 0 Å². The minimum Gasteiger partial charge on any atom is -0.342 e. The van der Waals surface area contributed by atoms with Crippen molar-refractivity contribution in [3.63, 3.8) is 0 Å². The summed E-state index contributed by atoms with van der Waals surface area (Å²) in [4.78, 5) is 30.2. The van der Waals surface area contributed by atoms with E-state index in [0.717, 1.165) is 75.6 Å². The van der Waals surface area contributed by atoms with Gasteiger partial charge in [-0.05, 0) is 48.1 Å². The second kappa shape index (κ2) is 13.2. The molecule has 1 aromatic heterocycles. The second-order valence-electron chi connectivity index (χ2n) is 9.80. The second-order valence-corrected chi connectivity index (χ2v) is 9.80. The Balaban J connectivity index is 1.35. The number of carbonyl (C=O) groups excluding carboxylic acids is 2. The van der Waals surface area contributed by atoms with Crippen LogP contribution in [0.15, 0.2) is 42.6 Å². The summed E-state index contributed by atoms with van der Waals surface area (Å²) in [5.74, 6) is 3.47. The minimum absolute atomic E-state index is 0.0586. The van der Waals surface area contributed by atoms with E-state index in [1.165, 1.54) is 5.56 Å². The van der Waals surface area contributed by atoms with Crippen LogP contribution in [-0.2, 0) is 11.2 Å². The van der Waals surface area contributed by atoms with Crippen molar-refractivity contribution in [3.8, 4) is 12.3 Å². The van der Waals surface area contributed by atoms with Crippen LogP contribution in [0.4, 0.5) is 0 Å². The fourth-order valence-corrected chi connectivity index (χ4v) is 5.19. The third-order valence-electron chi connectivity index (χ3n) is 7.32. The molecule has 0 saturated carbocycles. The summed E-state index contributed by atoms with van der Waals surface area (Å²) in [5, 5.41) is 5.03. The molecule has 190 valence electrons. The van der Waals surface area contributed by atoms with Crippen molar-refractivity contribution in [2.75, 3.05) is 45.8 Å². The summed E-state index contributed by atoms with van der Waals surface area (Å²) in [6, 6.07) is 12.5. The number of nitrogens with one attached hydrogen (secondary N) is 1. The molecule has 36 heavy (non-hydrogen) atoms. The quantitative estimate of drug-likeness (QED) is 0.579. The number of rotatable bonds is 8. The van der Waals surface area contributed by atoms with Crippen LogP contribution < -0.4 is 15.9 Å². The topological polar surface area (TPSA) is 57.6 Å². The van der Waals surface area contributed by atoms with Gasteiger partial charge in [0.25, 0.3) is 0 Å². The largest absolute Gasteiger partial charge is 0.342 e. The van der Waals surface area contributed by atoms with Crippen LogP contribution in [0.1, 0.15) is 42.5 Å². The highest BCUT2D eigenvalue weighted by Crippen LogP contribution is 2.22. The van der Waals surface area contributed by atoms with Crippen molar-refractivity contribution in [3.05, 3.63) is 58.7 Å². The number of nitrogens with zero attached hydrogens (tertiary/aromatic N) is 3. The molecule has 2 fully saturated rings. The molecule has 0 radical (unpaired) electrons. The van der Waals surface area contributed by atoms with Gasteiger partial charge in [0.15, 0.2) is 0 Å². The van der Waals surface area contributed by atoms with Crippen LogP contribution in [0.5, 0.6) is 0 Å². The van der Waals surface area contributed by atoms with E-state index < -0.39 is 0 Å². The van der Waals surface area contributed by atoms with Gasteiger partial charge in [0, 0.05) is 71.3 Å². The van der Waals surface area contributed by atoms with E-state index in [9.17, 15) is 9.59 Å². The number of carbonyl (C=O) groups is 2. The molecular formula is C30H38N4O2. The van der Waals surface area contributed by atoms with Gasteiger partial charge in [-0.3, -0.25) is 14.2 Å². The van der Waals surface area contributed by atoms with E-state index in [1.54, 1.807) is 4.57 Å². The molecular weight excluding hydrogens is 448 g/mol. The Kier molecular flexibility index (Phi) is 9.54. The van der Waals surface area contributed by atoms with Gasteiger partial charge in [0.1, 0.15) is 0 Å². The number of likely N-dealkylation sites (tertiary alicyclic amines) is 1. The zero-order chi connectivity index (χ0) is 25.2. The molecule has 3 heterocycles. The number of benzene rings is 1. The maximum absolute atomic E-state index is 13.0. The summed E-state index contributed by atoms with van der Waals surface area (Å²) < 4.78 is 1.70. The summed E-state index contributed by atoms with van der Waals surface area (Å²) >= 11 is 0. The third-order valence-corrected chi connectivity index (χ3v) is 7.32. The maximum atomic E-state index is 13.0. The Hall–Kier alpha value is -3.14. The zero-order valence-electron chi connectivity index (χ0n) is 21.2. The number of amides is 1. The average Bonchev–Trinajstić information content (AvgIpc) is 3.33. The molecule has 4 rings (SSSR count). The Labute approximate surface area is 214 Å². The first kappa shape index (κ1) is 25.9. The molecule has 0 spiro atoms. The van der Waals surface area contributed by atoms with Crippen LogP contribution >= 0.6 is 0 Å². The lowest BCUT2D eigenvalue weighted by Crippen LogP contribution is -2.44. The van der Waals surface area contributed by atoms with E-state index in [-0.39, 0.29) is 11.8 Å². The van der Waals surface area contributed by atoms with Gasteiger partial charge in [-0.15, -0.1) is 12.3 Å². The molecule has 0 aliphatic carbocycles. The van der Waals surface area contributed by atoms with Crippen molar-refractivity contribution >= 4 is 24.0 Å². The van der Waals surface area contributed by atoms with Crippen LogP contribution in [0.2, 0.25) is 0 Å². The SMILES string of the molecule is C#CC/C=c1\c(=C/CC(=O)N2CCC(Cc3ccccc3)CC2)ccn1C(=O)CCN1CCNCC1. The maximum Gasteiger partial charge on any atom is 0.232 e. The predicted octanol–water partition coefficient (Wildman–Crippen LogP) is 1.88. The number of aromatic nitrogens is 1. The highest BCUT2D eigenvalue weighted by Gasteiger charge is 2.22. The van der Waals surface area contributed by atoms with Gasteiger partial charge in [0.2, 0.25) is 11.8 Å². The van der Waals surface area contributed by atoms with Gasteiger partial charge >= 0.3 is 0 Å². The highest BCUT2D eigenvalue weighted by molar-refractivity contribution is 5.82. The van der Waals surface area contributed by atoms with Gasteiger partial charge in [-0.2, -0.15) is 0 Å². The molecule has 0 unspecified atom stereocenters. The smallest absolute Gasteiger partial charge is 0.232 e. The molecule has 1 amide bonds. The Morgan fingerprint density at radius 3 is 2.47 bits per heavy atom. The standard InChI is InChI=1S/C30H38N4O2/c1-2-3-9-28-27(14-21-34(28)30(36)15-18-32-22-16-31-17-23-32)10-11-29(35)33-19-12-26(13-20-33)24-25-7-5-4-6-8-25/h1,4-10,14,21,26,31H,3,11-13,15-20,22-24H2/b27-10-,28-9+. The molecule has 2 saturated heterocycles. The van der Waals surface area contributed by atoms with Gasteiger partial charge in [0.05, 0.1) is 5.35 Å². The molecule has 6 heteroatoms. The van der Waals surface area contributed by atoms with Crippen LogP contribution in [0.25, 0.3) is 12.2 Å². The number of terminal acetylenes is 1. The first-order valence-corrected chi connectivity index (χ1v) is 13.2. The molecule has 0 bridgehead atoms. The van der Waals surface area contributed by atoms with Crippen molar-refractivity contribution in [1.82, 2.24) is 19.7 Å². The van der Waals surface area contributed by atoms with Crippen molar-refractivity contribution < 1.29 is 9.59 Å². The van der Waals surface area contributed by atoms with Crippen molar-refractivity contribution in [1.29, 1.82) is 0 Å². The van der Waals surface area contributed by atoms with Gasteiger partial charge in [-0.1, -0.05) is 36.4 Å². The number of piperazine rings is 1. The summed E-state index contributed by atoms with van der Waals surface area (Å²) in [6.45, 7) is 6.26. The van der Waals surface area contributed by atoms with Gasteiger partial charge < -0.3 is 15.1 Å². The minimum atomic E-state index is 0.0586. The first-order valence-electron chi connectivity index (χ1n) is 13.2. The Morgan fingerprint density at radius 2 is 1.75 bits per heavy atom. The molecule has 0 atom stereocenters. The molecule has 2 aliphatic rings. The number of hydrogen-bond acceptors (Lipinski definition) is 4. The fourth-order valence-electron chi connectivity index (χ4n) is 5.19. The Bertz CT molecular complexity index is 1160. The highest BCUT2D eigenvalue weighted by atomic mass is 16.2. The lowest BCUT2D eigenvalue weighted by Gasteiger charge is -2.32. The van der Waals surface area contributed by atoms with E-state index in [2.05, 4.69) is 46.5 Å².